The first-order valence-corrected chi connectivity index (χ1v) is 7.98. The first-order valence-electron chi connectivity index (χ1n) is 7.98. The van der Waals surface area contributed by atoms with Gasteiger partial charge in [0, 0.05) is 45.2 Å². The minimum Gasteiger partial charge on any atom is -0.381 e. The summed E-state index contributed by atoms with van der Waals surface area (Å²) in [4.78, 5) is 9.27. The third kappa shape index (κ3) is 4.96. The fourth-order valence-corrected chi connectivity index (χ4v) is 3.29. The second-order valence-electron chi connectivity index (χ2n) is 5.98. The van der Waals surface area contributed by atoms with Gasteiger partial charge in [-0.1, -0.05) is 13.8 Å². The molecule has 2 fully saturated rings. The van der Waals surface area contributed by atoms with Crippen LogP contribution in [0.4, 0.5) is 0 Å². The van der Waals surface area contributed by atoms with Crippen LogP contribution < -0.4 is 5.32 Å². The number of nitrogens with zero attached hydrogens (tertiary/aromatic N) is 3. The second kappa shape index (κ2) is 9.15. The molecule has 5 nitrogen and oxygen atoms in total. The lowest BCUT2D eigenvalue weighted by molar-refractivity contribution is 0.156. The number of guanidine groups is 1. The highest BCUT2D eigenvalue weighted by atomic mass is 127. The fraction of sp³-hybridized carbons (Fsp3) is 0.933. The van der Waals surface area contributed by atoms with Crippen LogP contribution in [-0.4, -0.2) is 75.3 Å². The zero-order valence-corrected chi connectivity index (χ0v) is 16.1. The molecule has 0 saturated carbocycles. The van der Waals surface area contributed by atoms with Crippen molar-refractivity contribution in [2.75, 3.05) is 59.5 Å². The van der Waals surface area contributed by atoms with Gasteiger partial charge in [0.25, 0.3) is 0 Å². The highest BCUT2D eigenvalue weighted by Gasteiger charge is 2.42. The van der Waals surface area contributed by atoms with Crippen LogP contribution in [0.5, 0.6) is 0 Å². The van der Waals surface area contributed by atoms with Crippen molar-refractivity contribution in [1.82, 2.24) is 15.1 Å². The van der Waals surface area contributed by atoms with Crippen molar-refractivity contribution >= 4 is 29.9 Å². The predicted octanol–water partition coefficient (Wildman–Crippen LogP) is 1.63. The molecule has 2 saturated heterocycles. The first kappa shape index (κ1) is 19.0. The summed E-state index contributed by atoms with van der Waals surface area (Å²) in [7, 11) is 1.88. The summed E-state index contributed by atoms with van der Waals surface area (Å²) >= 11 is 0. The molecule has 1 N–H and O–H groups in total. The molecule has 21 heavy (non-hydrogen) atoms. The van der Waals surface area contributed by atoms with Crippen LogP contribution >= 0.6 is 24.0 Å². The first-order chi connectivity index (χ1) is 9.73. The lowest BCUT2D eigenvalue weighted by atomic mass is 9.87. The van der Waals surface area contributed by atoms with Gasteiger partial charge in [-0.3, -0.25) is 4.99 Å². The van der Waals surface area contributed by atoms with E-state index in [1.807, 2.05) is 7.05 Å². The Bertz CT molecular complexity index is 328. The molecule has 2 aliphatic heterocycles. The van der Waals surface area contributed by atoms with E-state index >= 15 is 0 Å². The Morgan fingerprint density at radius 3 is 2.67 bits per heavy atom. The van der Waals surface area contributed by atoms with E-state index in [9.17, 15) is 0 Å². The van der Waals surface area contributed by atoms with Crippen LogP contribution in [-0.2, 0) is 4.74 Å². The zero-order valence-electron chi connectivity index (χ0n) is 13.7. The van der Waals surface area contributed by atoms with Gasteiger partial charge in [-0.05, 0) is 25.9 Å². The summed E-state index contributed by atoms with van der Waals surface area (Å²) in [6, 6.07) is 0. The van der Waals surface area contributed by atoms with E-state index in [4.69, 9.17) is 4.74 Å². The molecule has 0 radical (unpaired) electrons. The Hall–Kier alpha value is -0.0800. The highest BCUT2D eigenvalue weighted by Crippen LogP contribution is 2.38. The van der Waals surface area contributed by atoms with Gasteiger partial charge in [0.05, 0.1) is 6.61 Å². The van der Waals surface area contributed by atoms with Crippen molar-refractivity contribution in [3.63, 3.8) is 0 Å². The van der Waals surface area contributed by atoms with Crippen molar-refractivity contribution in [1.29, 1.82) is 0 Å². The lowest BCUT2D eigenvalue weighted by Gasteiger charge is -2.26. The molecule has 6 heteroatoms. The van der Waals surface area contributed by atoms with Crippen molar-refractivity contribution < 1.29 is 4.74 Å². The second-order valence-corrected chi connectivity index (χ2v) is 5.98. The molecule has 0 aromatic rings. The number of hydrogen-bond acceptors (Lipinski definition) is 3. The number of rotatable bonds is 5. The number of nitrogens with one attached hydrogen (secondary N) is 1. The summed E-state index contributed by atoms with van der Waals surface area (Å²) in [6.45, 7) is 12.8. The summed E-state index contributed by atoms with van der Waals surface area (Å²) in [5.74, 6) is 1.06. The molecule has 2 aliphatic rings. The average Bonchev–Trinajstić information content (AvgIpc) is 3.10. The van der Waals surface area contributed by atoms with Gasteiger partial charge in [0.1, 0.15) is 0 Å². The van der Waals surface area contributed by atoms with E-state index in [0.717, 1.165) is 58.4 Å². The van der Waals surface area contributed by atoms with Crippen LogP contribution in [0.2, 0.25) is 0 Å². The third-order valence-electron chi connectivity index (χ3n) is 4.74. The Labute approximate surface area is 146 Å². The molecular formula is C15H31IN4O. The van der Waals surface area contributed by atoms with Crippen molar-refractivity contribution in [2.45, 2.75) is 26.7 Å². The zero-order chi connectivity index (χ0) is 14.4. The van der Waals surface area contributed by atoms with Crippen LogP contribution in [0, 0.1) is 5.41 Å². The number of likely N-dealkylation sites (tertiary alicyclic amines) is 1. The monoisotopic (exact) mass is 410 g/mol. The minimum atomic E-state index is 0. The summed E-state index contributed by atoms with van der Waals surface area (Å²) in [6.07, 6.45) is 2.45. The number of ether oxygens (including phenoxy) is 1. The van der Waals surface area contributed by atoms with Gasteiger partial charge in [-0.15, -0.1) is 24.0 Å². The molecule has 1 atom stereocenters. The normalized spacial score (nSPS) is 25.7. The lowest BCUT2D eigenvalue weighted by Crippen LogP contribution is -2.44. The van der Waals surface area contributed by atoms with Gasteiger partial charge in [0.15, 0.2) is 5.96 Å². The van der Waals surface area contributed by atoms with Crippen LogP contribution in [0.3, 0.4) is 0 Å². The van der Waals surface area contributed by atoms with Gasteiger partial charge >= 0.3 is 0 Å². The molecule has 0 aliphatic carbocycles. The largest absolute Gasteiger partial charge is 0.381 e. The predicted molar refractivity (Wildman–Crippen MR) is 98.6 cm³/mol. The Morgan fingerprint density at radius 1 is 1.33 bits per heavy atom. The molecule has 2 heterocycles. The number of likely N-dealkylation sites (N-methyl/N-ethyl adjacent to an activating group) is 1. The van der Waals surface area contributed by atoms with E-state index in [0.29, 0.717) is 5.41 Å². The summed E-state index contributed by atoms with van der Waals surface area (Å²) in [5.41, 5.74) is 0.399. The van der Waals surface area contributed by atoms with E-state index in [1.165, 1.54) is 12.8 Å². The van der Waals surface area contributed by atoms with Crippen molar-refractivity contribution in [3.8, 4) is 0 Å². The molecule has 0 amide bonds. The quantitative estimate of drug-likeness (QED) is 0.425. The van der Waals surface area contributed by atoms with Gasteiger partial charge in [0.2, 0.25) is 0 Å². The smallest absolute Gasteiger partial charge is 0.193 e. The number of hydrogen-bond donors (Lipinski definition) is 1. The average molecular weight is 410 g/mol. The molecule has 0 aromatic carbocycles. The van der Waals surface area contributed by atoms with E-state index in [1.54, 1.807) is 0 Å². The molecule has 1 spiro atoms. The van der Waals surface area contributed by atoms with Crippen LogP contribution in [0.25, 0.3) is 0 Å². The maximum atomic E-state index is 5.59. The molecule has 0 aromatic heterocycles. The van der Waals surface area contributed by atoms with E-state index in [-0.39, 0.29) is 24.0 Å². The third-order valence-corrected chi connectivity index (χ3v) is 4.74. The van der Waals surface area contributed by atoms with Crippen LogP contribution in [0.1, 0.15) is 26.7 Å². The van der Waals surface area contributed by atoms with Gasteiger partial charge < -0.3 is 19.9 Å². The van der Waals surface area contributed by atoms with Crippen molar-refractivity contribution in [2.24, 2.45) is 10.4 Å². The maximum absolute atomic E-state index is 5.59. The number of aliphatic imine (C=N–C) groups is 1. The summed E-state index contributed by atoms with van der Waals surface area (Å²) in [5, 5.41) is 3.51. The topological polar surface area (TPSA) is 40.1 Å². The number of halogens is 1. The fourth-order valence-electron chi connectivity index (χ4n) is 3.29. The summed E-state index contributed by atoms with van der Waals surface area (Å²) < 4.78 is 5.59. The van der Waals surface area contributed by atoms with Gasteiger partial charge in [-0.2, -0.15) is 0 Å². The SMILES string of the molecule is CCN(CC)CCNC(=NC)N1CCC2(CCOC2)C1.I. The standard InChI is InChI=1S/C15H30N4O.HI/c1-4-18(5-2)10-8-17-14(16-3)19-9-6-15(12-19)7-11-20-13-15;/h4-13H2,1-3H3,(H,16,17);1H. The van der Waals surface area contributed by atoms with Crippen molar-refractivity contribution in [3.05, 3.63) is 0 Å². The van der Waals surface area contributed by atoms with E-state index < -0.39 is 0 Å². The maximum Gasteiger partial charge on any atom is 0.193 e. The molecular weight excluding hydrogens is 379 g/mol. The Morgan fingerprint density at radius 2 is 2.10 bits per heavy atom. The minimum absolute atomic E-state index is 0. The highest BCUT2D eigenvalue weighted by molar-refractivity contribution is 14.0. The van der Waals surface area contributed by atoms with E-state index in [2.05, 4.69) is 34.0 Å². The molecule has 2 rings (SSSR count). The molecule has 1 unspecified atom stereocenters. The Kier molecular flexibility index (Phi) is 8.26. The molecule has 124 valence electrons. The van der Waals surface area contributed by atoms with Crippen LogP contribution in [0.15, 0.2) is 4.99 Å². The van der Waals surface area contributed by atoms with Gasteiger partial charge in [-0.25, -0.2) is 0 Å². The molecule has 0 bridgehead atoms. The Balaban J connectivity index is 0.00000220.